The van der Waals surface area contributed by atoms with E-state index in [0.29, 0.717) is 22.7 Å². The van der Waals surface area contributed by atoms with Gasteiger partial charge in [-0.1, -0.05) is 18.5 Å². The molecule has 0 bridgehead atoms. The van der Waals surface area contributed by atoms with Crippen molar-refractivity contribution in [1.82, 2.24) is 4.98 Å². The molecule has 1 heterocycles. The lowest BCUT2D eigenvalue weighted by atomic mass is 10.2. The highest BCUT2D eigenvalue weighted by Gasteiger charge is 2.17. The van der Waals surface area contributed by atoms with Gasteiger partial charge in [0.15, 0.2) is 0 Å². The van der Waals surface area contributed by atoms with Crippen LogP contribution in [0.25, 0.3) is 10.6 Å². The van der Waals surface area contributed by atoms with Gasteiger partial charge in [-0.15, -0.1) is 11.3 Å². The van der Waals surface area contributed by atoms with Gasteiger partial charge in [0.1, 0.15) is 15.7 Å². The topological polar surface area (TPSA) is 50.2 Å². The molecule has 0 aliphatic rings. The predicted octanol–water partition coefficient (Wildman–Crippen LogP) is 3.86. The summed E-state index contributed by atoms with van der Waals surface area (Å²) in [6, 6.07) is 4.04. The zero-order valence-corrected chi connectivity index (χ0v) is 11.0. The normalized spacial score (nSPS) is 10.6. The van der Waals surface area contributed by atoms with Gasteiger partial charge in [0.25, 0.3) is 0 Å². The lowest BCUT2D eigenvalue weighted by Crippen LogP contribution is -1.97. The van der Waals surface area contributed by atoms with E-state index >= 15 is 0 Å². The number of hydrogen-bond acceptors (Lipinski definition) is 3. The van der Waals surface area contributed by atoms with Crippen LogP contribution in [0.5, 0.6) is 0 Å². The largest absolute Gasteiger partial charge is 0.477 e. The van der Waals surface area contributed by atoms with Gasteiger partial charge in [0, 0.05) is 10.6 Å². The molecule has 6 heteroatoms. The van der Waals surface area contributed by atoms with Crippen LogP contribution in [0.15, 0.2) is 18.2 Å². The summed E-state index contributed by atoms with van der Waals surface area (Å²) in [7, 11) is 0. The summed E-state index contributed by atoms with van der Waals surface area (Å²) in [5.41, 5.74) is 0.995. The van der Waals surface area contributed by atoms with E-state index < -0.39 is 11.8 Å². The summed E-state index contributed by atoms with van der Waals surface area (Å²) in [6.45, 7) is 1.82. The first-order valence-corrected chi connectivity index (χ1v) is 6.40. The molecule has 0 radical (unpaired) electrons. The van der Waals surface area contributed by atoms with E-state index in [1.165, 1.54) is 12.1 Å². The maximum atomic E-state index is 13.2. The number of hydrogen-bond donors (Lipinski definition) is 1. The van der Waals surface area contributed by atoms with Crippen molar-refractivity contribution in [3.05, 3.63) is 39.6 Å². The van der Waals surface area contributed by atoms with Gasteiger partial charge in [0.05, 0.1) is 5.69 Å². The molecule has 1 N–H and O–H groups in total. The smallest absolute Gasteiger partial charge is 0.347 e. The van der Waals surface area contributed by atoms with Gasteiger partial charge in [-0.25, -0.2) is 14.2 Å². The first kappa shape index (κ1) is 13.0. The maximum Gasteiger partial charge on any atom is 0.347 e. The van der Waals surface area contributed by atoms with Crippen LogP contribution in [0.4, 0.5) is 4.39 Å². The Balaban J connectivity index is 2.54. The molecule has 0 unspecified atom stereocenters. The number of aromatic nitrogens is 1. The number of thiazole rings is 1. The van der Waals surface area contributed by atoms with Gasteiger partial charge in [-0.2, -0.15) is 0 Å². The van der Waals surface area contributed by atoms with Crippen LogP contribution in [0.3, 0.4) is 0 Å². The minimum absolute atomic E-state index is 0.188. The third-order valence-corrected chi connectivity index (χ3v) is 3.69. The molecule has 2 rings (SSSR count). The Morgan fingerprint density at radius 1 is 1.50 bits per heavy atom. The molecule has 0 aliphatic heterocycles. The second kappa shape index (κ2) is 5.04. The van der Waals surface area contributed by atoms with Crippen molar-refractivity contribution in [3.8, 4) is 10.6 Å². The number of aryl methyl sites for hydroxylation is 1. The number of benzene rings is 1. The number of carbonyl (C=O) groups is 1. The van der Waals surface area contributed by atoms with Crippen molar-refractivity contribution in [3.63, 3.8) is 0 Å². The van der Waals surface area contributed by atoms with E-state index in [0.717, 1.165) is 11.3 Å². The molecule has 1 aromatic carbocycles. The molecule has 0 atom stereocenters. The van der Waals surface area contributed by atoms with Crippen LogP contribution in [-0.2, 0) is 6.42 Å². The van der Waals surface area contributed by atoms with E-state index in [-0.39, 0.29) is 9.90 Å². The average Bonchev–Trinajstić information content (AvgIpc) is 2.71. The fourth-order valence-electron chi connectivity index (χ4n) is 1.56. The molecule has 0 saturated heterocycles. The minimum Gasteiger partial charge on any atom is -0.477 e. The second-order valence-electron chi connectivity index (χ2n) is 3.61. The van der Waals surface area contributed by atoms with Gasteiger partial charge in [-0.05, 0) is 24.6 Å². The van der Waals surface area contributed by atoms with Gasteiger partial charge < -0.3 is 5.11 Å². The van der Waals surface area contributed by atoms with E-state index in [9.17, 15) is 9.18 Å². The van der Waals surface area contributed by atoms with Gasteiger partial charge >= 0.3 is 5.97 Å². The summed E-state index contributed by atoms with van der Waals surface area (Å²) in [6.07, 6.45) is 0.515. The molecule has 94 valence electrons. The number of rotatable bonds is 3. The van der Waals surface area contributed by atoms with E-state index in [4.69, 9.17) is 16.7 Å². The number of carboxylic acid groups (broad SMARTS) is 1. The van der Waals surface area contributed by atoms with Crippen molar-refractivity contribution in [2.45, 2.75) is 13.3 Å². The average molecular weight is 286 g/mol. The Morgan fingerprint density at radius 2 is 2.22 bits per heavy atom. The Morgan fingerprint density at radius 3 is 2.72 bits per heavy atom. The number of carboxylic acids is 1. The molecular weight excluding hydrogens is 277 g/mol. The third-order valence-electron chi connectivity index (χ3n) is 2.34. The van der Waals surface area contributed by atoms with Crippen LogP contribution in [0.2, 0.25) is 5.02 Å². The Bertz CT molecular complexity index is 592. The Labute approximate surface area is 112 Å². The summed E-state index contributed by atoms with van der Waals surface area (Å²) in [4.78, 5) is 15.4. The van der Waals surface area contributed by atoms with Crippen molar-refractivity contribution in [1.29, 1.82) is 0 Å². The highest BCUT2D eigenvalue weighted by atomic mass is 35.5. The zero-order chi connectivity index (χ0) is 13.3. The van der Waals surface area contributed by atoms with E-state index in [1.807, 2.05) is 6.92 Å². The summed E-state index contributed by atoms with van der Waals surface area (Å²) in [5.74, 6) is -1.49. The van der Waals surface area contributed by atoms with Crippen LogP contribution in [0, 0.1) is 5.82 Å². The summed E-state index contributed by atoms with van der Waals surface area (Å²) < 4.78 is 13.2. The van der Waals surface area contributed by atoms with Crippen LogP contribution >= 0.6 is 22.9 Å². The fraction of sp³-hybridized carbons (Fsp3) is 0.167. The molecule has 0 aliphatic carbocycles. The van der Waals surface area contributed by atoms with E-state index in [1.54, 1.807) is 6.07 Å². The lowest BCUT2D eigenvalue weighted by molar-refractivity contribution is 0.0701. The van der Waals surface area contributed by atoms with E-state index in [2.05, 4.69) is 4.98 Å². The first-order chi connectivity index (χ1) is 8.51. The molecule has 1 aromatic heterocycles. The van der Waals surface area contributed by atoms with Crippen LogP contribution in [0.1, 0.15) is 22.3 Å². The maximum absolute atomic E-state index is 13.2. The van der Waals surface area contributed by atoms with Crippen molar-refractivity contribution in [2.24, 2.45) is 0 Å². The van der Waals surface area contributed by atoms with Gasteiger partial charge in [0.2, 0.25) is 0 Å². The number of halogens is 2. The molecular formula is C12H9ClFNO2S. The fourth-order valence-corrected chi connectivity index (χ4v) is 2.76. The summed E-state index contributed by atoms with van der Waals surface area (Å²) >= 11 is 6.79. The SMILES string of the molecule is CCc1nc(-c2cc(F)cc(Cl)c2)sc1C(=O)O. The number of nitrogens with zero attached hydrogens (tertiary/aromatic N) is 1. The van der Waals surface area contributed by atoms with Gasteiger partial charge in [-0.3, -0.25) is 0 Å². The standard InChI is InChI=1S/C12H9ClFNO2S/c1-2-9-10(12(16)17)18-11(15-9)6-3-7(13)5-8(14)4-6/h3-5H,2H2,1H3,(H,16,17). The minimum atomic E-state index is -1.02. The zero-order valence-electron chi connectivity index (χ0n) is 9.41. The molecule has 0 amide bonds. The van der Waals surface area contributed by atoms with Crippen LogP contribution < -0.4 is 0 Å². The first-order valence-electron chi connectivity index (χ1n) is 5.20. The van der Waals surface area contributed by atoms with Crippen LogP contribution in [-0.4, -0.2) is 16.1 Å². The highest BCUT2D eigenvalue weighted by molar-refractivity contribution is 7.17. The quantitative estimate of drug-likeness (QED) is 0.931. The monoisotopic (exact) mass is 285 g/mol. The molecule has 2 aromatic rings. The predicted molar refractivity (Wildman–Crippen MR) is 68.9 cm³/mol. The van der Waals surface area contributed by atoms with Crippen molar-refractivity contribution in [2.75, 3.05) is 0 Å². The molecule has 0 spiro atoms. The lowest BCUT2D eigenvalue weighted by Gasteiger charge is -1.97. The highest BCUT2D eigenvalue weighted by Crippen LogP contribution is 2.30. The number of aromatic carboxylic acids is 1. The summed E-state index contributed by atoms with van der Waals surface area (Å²) in [5, 5.41) is 9.76. The third kappa shape index (κ3) is 2.52. The Kier molecular flexibility index (Phi) is 3.63. The molecule has 0 fully saturated rings. The molecule has 3 nitrogen and oxygen atoms in total. The van der Waals surface area contributed by atoms with Crippen molar-refractivity contribution < 1.29 is 14.3 Å². The Hall–Kier alpha value is -1.46. The molecule has 18 heavy (non-hydrogen) atoms. The second-order valence-corrected chi connectivity index (χ2v) is 5.05. The molecule has 0 saturated carbocycles. The van der Waals surface area contributed by atoms with Crippen molar-refractivity contribution >= 4 is 28.9 Å².